The number of imide groups is 1. The van der Waals surface area contributed by atoms with Crippen molar-refractivity contribution >= 4 is 22.9 Å². The molecule has 1 aromatic carbocycles. The summed E-state index contributed by atoms with van der Waals surface area (Å²) < 4.78 is 5.76. The zero-order valence-corrected chi connectivity index (χ0v) is 17.2. The Hall–Kier alpha value is -2.15. The van der Waals surface area contributed by atoms with Crippen LogP contribution in [0.4, 0.5) is 4.79 Å². The van der Waals surface area contributed by atoms with E-state index >= 15 is 0 Å². The summed E-state index contributed by atoms with van der Waals surface area (Å²) in [6.45, 7) is 2.93. The second kappa shape index (κ2) is 12.3. The van der Waals surface area contributed by atoms with Crippen molar-refractivity contribution in [3.8, 4) is 5.75 Å². The molecule has 2 amide bonds. The molecule has 0 radical (unpaired) electrons. The molecule has 28 heavy (non-hydrogen) atoms. The summed E-state index contributed by atoms with van der Waals surface area (Å²) in [4.78, 5) is 35.6. The monoisotopic (exact) mass is 404 g/mol. The van der Waals surface area contributed by atoms with Crippen LogP contribution in [-0.2, 0) is 11.2 Å². The summed E-state index contributed by atoms with van der Waals surface area (Å²) in [5.74, 6) is 0.547. The highest BCUT2D eigenvalue weighted by molar-refractivity contribution is 8.18. The van der Waals surface area contributed by atoms with Gasteiger partial charge in [-0.05, 0) is 48.7 Å². The highest BCUT2D eigenvalue weighted by Crippen LogP contribution is 2.30. The molecule has 6 nitrogen and oxygen atoms in total. The van der Waals surface area contributed by atoms with Gasteiger partial charge in [0, 0.05) is 0 Å². The van der Waals surface area contributed by atoms with Gasteiger partial charge in [0.05, 0.1) is 24.6 Å². The zero-order chi connectivity index (χ0) is 20.2. The Morgan fingerprint density at radius 1 is 1.11 bits per heavy atom. The standard InChI is InChI=1S/C21H28N2O4S/c1-2-3-4-5-6-16-27-18-12-10-17(11-13-18)8-7-9-19-20(24)23(15-14-22-26)21(25)28-19/h9-13H,2-8,14-16H2,1H3/b19-9-. The number of nitrogens with zero attached hydrogens (tertiary/aromatic N) is 2. The zero-order valence-electron chi connectivity index (χ0n) is 16.4. The lowest BCUT2D eigenvalue weighted by atomic mass is 10.1. The van der Waals surface area contributed by atoms with Gasteiger partial charge < -0.3 is 4.74 Å². The molecule has 2 rings (SSSR count). The predicted octanol–water partition coefficient (Wildman–Crippen LogP) is 5.31. The number of amides is 2. The SMILES string of the molecule is CCCCCCCOc1ccc(CC/C=C2\SC(=O)N(CCN=O)C2=O)cc1. The van der Waals surface area contributed by atoms with Crippen molar-refractivity contribution < 1.29 is 14.3 Å². The Bertz CT molecular complexity index is 688. The van der Waals surface area contributed by atoms with Gasteiger partial charge in [0.15, 0.2) is 0 Å². The Kier molecular flexibility index (Phi) is 9.76. The van der Waals surface area contributed by atoms with Crippen LogP contribution in [0.15, 0.2) is 40.4 Å². The smallest absolute Gasteiger partial charge is 0.293 e. The number of allylic oxidation sites excluding steroid dienone is 1. The number of ether oxygens (including phenoxy) is 1. The molecule has 1 aliphatic rings. The first kappa shape index (κ1) is 22.1. The number of rotatable bonds is 13. The maximum Gasteiger partial charge on any atom is 0.293 e. The topological polar surface area (TPSA) is 76.0 Å². The quantitative estimate of drug-likeness (QED) is 0.253. The summed E-state index contributed by atoms with van der Waals surface area (Å²) in [5.41, 5.74) is 1.15. The van der Waals surface area contributed by atoms with Gasteiger partial charge in [0.2, 0.25) is 0 Å². The first-order valence-electron chi connectivity index (χ1n) is 9.90. The molecule has 0 unspecified atom stereocenters. The average Bonchev–Trinajstić information content (AvgIpc) is 2.97. The summed E-state index contributed by atoms with van der Waals surface area (Å²) in [6.07, 6.45) is 9.33. The third kappa shape index (κ3) is 7.11. The normalized spacial score (nSPS) is 15.5. The number of carbonyl (C=O) groups is 2. The van der Waals surface area contributed by atoms with Crippen molar-refractivity contribution in [3.63, 3.8) is 0 Å². The molecule has 1 saturated heterocycles. The van der Waals surface area contributed by atoms with Crippen LogP contribution in [0, 0.1) is 4.91 Å². The lowest BCUT2D eigenvalue weighted by Crippen LogP contribution is -2.30. The van der Waals surface area contributed by atoms with Crippen LogP contribution in [-0.4, -0.2) is 35.7 Å². The Morgan fingerprint density at radius 2 is 1.86 bits per heavy atom. The highest BCUT2D eigenvalue weighted by atomic mass is 32.2. The molecule has 7 heteroatoms. The number of aryl methyl sites for hydroxylation is 1. The third-order valence-electron chi connectivity index (χ3n) is 4.49. The predicted molar refractivity (Wildman–Crippen MR) is 112 cm³/mol. The van der Waals surface area contributed by atoms with Gasteiger partial charge in [-0.15, -0.1) is 0 Å². The van der Waals surface area contributed by atoms with E-state index in [9.17, 15) is 14.5 Å². The minimum Gasteiger partial charge on any atom is -0.494 e. The van der Waals surface area contributed by atoms with Gasteiger partial charge in [-0.25, -0.2) is 0 Å². The van der Waals surface area contributed by atoms with E-state index < -0.39 is 0 Å². The summed E-state index contributed by atoms with van der Waals surface area (Å²) in [5, 5.41) is 2.37. The molecule has 1 aliphatic heterocycles. The van der Waals surface area contributed by atoms with Crippen molar-refractivity contribution in [2.75, 3.05) is 19.7 Å². The highest BCUT2D eigenvalue weighted by Gasteiger charge is 2.34. The average molecular weight is 405 g/mol. The maximum absolute atomic E-state index is 12.1. The van der Waals surface area contributed by atoms with Crippen LogP contribution in [0.5, 0.6) is 5.75 Å². The second-order valence-electron chi connectivity index (χ2n) is 6.69. The number of nitroso groups, excluding NO2 is 1. The van der Waals surface area contributed by atoms with Crippen LogP contribution in [0.2, 0.25) is 0 Å². The molecule has 0 saturated carbocycles. The van der Waals surface area contributed by atoms with Crippen LogP contribution in [0.1, 0.15) is 51.0 Å². The third-order valence-corrected chi connectivity index (χ3v) is 5.45. The van der Waals surface area contributed by atoms with E-state index in [4.69, 9.17) is 4.74 Å². The number of thioether (sulfide) groups is 1. The fraction of sp³-hybridized carbons (Fsp3) is 0.524. The van der Waals surface area contributed by atoms with Gasteiger partial charge in [-0.3, -0.25) is 14.5 Å². The van der Waals surface area contributed by atoms with Crippen molar-refractivity contribution in [2.24, 2.45) is 5.18 Å². The Balaban J connectivity index is 1.73. The van der Waals surface area contributed by atoms with E-state index in [0.717, 1.165) is 47.4 Å². The van der Waals surface area contributed by atoms with Crippen LogP contribution in [0.25, 0.3) is 0 Å². The molecule has 0 aliphatic carbocycles. The van der Waals surface area contributed by atoms with Crippen LogP contribution >= 0.6 is 11.8 Å². The summed E-state index contributed by atoms with van der Waals surface area (Å²) in [7, 11) is 0. The summed E-state index contributed by atoms with van der Waals surface area (Å²) >= 11 is 0.921. The van der Waals surface area contributed by atoms with E-state index in [1.54, 1.807) is 6.08 Å². The minimum absolute atomic E-state index is 0.0472. The molecule has 1 aromatic rings. The molecular formula is C21H28N2O4S. The van der Waals surface area contributed by atoms with E-state index in [0.29, 0.717) is 11.3 Å². The lowest BCUT2D eigenvalue weighted by molar-refractivity contribution is -0.122. The lowest BCUT2D eigenvalue weighted by Gasteiger charge is -2.08. The van der Waals surface area contributed by atoms with Crippen molar-refractivity contribution in [1.82, 2.24) is 4.90 Å². The Labute approximate surface area is 170 Å². The van der Waals surface area contributed by atoms with Crippen LogP contribution < -0.4 is 4.74 Å². The van der Waals surface area contributed by atoms with Crippen molar-refractivity contribution in [1.29, 1.82) is 0 Å². The summed E-state index contributed by atoms with van der Waals surface area (Å²) in [6, 6.07) is 8.01. The van der Waals surface area contributed by atoms with Crippen molar-refractivity contribution in [3.05, 3.63) is 45.7 Å². The molecule has 0 aromatic heterocycles. The van der Waals surface area contributed by atoms with Gasteiger partial charge in [-0.1, -0.05) is 56.0 Å². The number of benzene rings is 1. The van der Waals surface area contributed by atoms with E-state index in [-0.39, 0.29) is 24.2 Å². The fourth-order valence-corrected chi connectivity index (χ4v) is 3.76. The largest absolute Gasteiger partial charge is 0.494 e. The molecule has 1 heterocycles. The molecule has 152 valence electrons. The van der Waals surface area contributed by atoms with Gasteiger partial charge in [-0.2, -0.15) is 4.91 Å². The van der Waals surface area contributed by atoms with E-state index in [1.807, 2.05) is 24.3 Å². The molecule has 0 atom stereocenters. The molecule has 0 spiro atoms. The van der Waals surface area contributed by atoms with Gasteiger partial charge in [0.25, 0.3) is 11.1 Å². The molecule has 1 fully saturated rings. The first-order chi connectivity index (χ1) is 13.7. The molecular weight excluding hydrogens is 376 g/mol. The maximum atomic E-state index is 12.1. The fourth-order valence-electron chi connectivity index (χ4n) is 2.89. The molecule has 0 N–H and O–H groups in total. The Morgan fingerprint density at radius 3 is 2.57 bits per heavy atom. The minimum atomic E-state index is -0.337. The number of hydrogen-bond acceptors (Lipinski definition) is 6. The van der Waals surface area contributed by atoms with Crippen molar-refractivity contribution in [2.45, 2.75) is 51.9 Å². The number of unbranched alkanes of at least 4 members (excludes halogenated alkanes) is 4. The first-order valence-corrected chi connectivity index (χ1v) is 10.7. The van der Waals surface area contributed by atoms with E-state index in [2.05, 4.69) is 12.1 Å². The number of hydrogen-bond donors (Lipinski definition) is 0. The number of carbonyl (C=O) groups excluding carboxylic acids is 2. The van der Waals surface area contributed by atoms with Crippen LogP contribution in [0.3, 0.4) is 0 Å². The van der Waals surface area contributed by atoms with Gasteiger partial charge in [0.1, 0.15) is 5.75 Å². The second-order valence-corrected chi connectivity index (χ2v) is 7.68. The van der Waals surface area contributed by atoms with Gasteiger partial charge >= 0.3 is 0 Å². The van der Waals surface area contributed by atoms with E-state index in [1.165, 1.54) is 25.7 Å². The molecule has 0 bridgehead atoms.